The van der Waals surface area contributed by atoms with Crippen LogP contribution in [0.2, 0.25) is 0 Å². The number of nitrogens with zero attached hydrogens (tertiary/aromatic N) is 1. The average Bonchev–Trinajstić information content (AvgIpc) is 3.02. The molecule has 0 unspecified atom stereocenters. The number of carbonyl (C=O) groups is 2. The molecule has 5 rings (SSSR count). The lowest BCUT2D eigenvalue weighted by Gasteiger charge is -2.17. The molecule has 34 heavy (non-hydrogen) atoms. The van der Waals surface area contributed by atoms with Crippen LogP contribution in [-0.4, -0.2) is 28.2 Å². The van der Waals surface area contributed by atoms with Gasteiger partial charge in [0.15, 0.2) is 5.43 Å². The lowest BCUT2D eigenvalue weighted by molar-refractivity contribution is 0.0656. The minimum atomic E-state index is -0.879. The van der Waals surface area contributed by atoms with E-state index < -0.39 is 34.7 Å². The Bertz CT molecular complexity index is 1520. The van der Waals surface area contributed by atoms with Crippen LogP contribution in [0.1, 0.15) is 32.0 Å². The number of aromatic nitrogens is 1. The van der Waals surface area contributed by atoms with Gasteiger partial charge in [-0.2, -0.15) is 0 Å². The number of aromatic amines is 1. The van der Waals surface area contributed by atoms with E-state index in [2.05, 4.69) is 4.98 Å². The summed E-state index contributed by atoms with van der Waals surface area (Å²) in [4.78, 5) is 43.0. The summed E-state index contributed by atoms with van der Waals surface area (Å²) in [5.74, 6) is -3.29. The van der Waals surface area contributed by atoms with Gasteiger partial charge in [-0.05, 0) is 54.4 Å². The van der Waals surface area contributed by atoms with Crippen LogP contribution >= 0.6 is 0 Å². The van der Waals surface area contributed by atoms with Crippen molar-refractivity contribution in [3.63, 3.8) is 0 Å². The van der Waals surface area contributed by atoms with Crippen molar-refractivity contribution in [2.45, 2.75) is 13.3 Å². The van der Waals surface area contributed by atoms with Gasteiger partial charge in [-0.25, -0.2) is 13.2 Å². The molecule has 1 N–H and O–H groups in total. The molecule has 0 saturated carbocycles. The number of amides is 2. The van der Waals surface area contributed by atoms with Crippen molar-refractivity contribution >= 4 is 22.7 Å². The molecule has 1 aliphatic heterocycles. The summed E-state index contributed by atoms with van der Waals surface area (Å²) in [5.41, 5.74) is 0.992. The minimum Gasteiger partial charge on any atom is -0.357 e. The first-order valence-electron chi connectivity index (χ1n) is 10.5. The number of benzene rings is 3. The van der Waals surface area contributed by atoms with Crippen LogP contribution in [0.3, 0.4) is 0 Å². The lowest BCUT2D eigenvalue weighted by Crippen LogP contribution is -2.32. The molecule has 0 aliphatic carbocycles. The second kappa shape index (κ2) is 7.98. The molecule has 0 fully saturated rings. The van der Waals surface area contributed by atoms with E-state index in [1.807, 2.05) is 0 Å². The first kappa shape index (κ1) is 21.6. The van der Waals surface area contributed by atoms with Crippen LogP contribution in [0, 0.1) is 24.4 Å². The normalized spacial score (nSPS) is 13.1. The number of hydrogen-bond acceptors (Lipinski definition) is 3. The SMILES string of the molecule is Cc1cc(F)cc2c(=O)c(-c3cc(F)cc(F)c3)c(CCN3C(=O)c4ccccc4C3=O)[nH]c12. The van der Waals surface area contributed by atoms with Crippen LogP contribution < -0.4 is 5.43 Å². The zero-order valence-electron chi connectivity index (χ0n) is 17.9. The van der Waals surface area contributed by atoms with Gasteiger partial charge in [-0.3, -0.25) is 19.3 Å². The molecule has 0 radical (unpaired) electrons. The van der Waals surface area contributed by atoms with Crippen LogP contribution in [0.4, 0.5) is 13.2 Å². The van der Waals surface area contributed by atoms with Crippen molar-refractivity contribution in [1.82, 2.24) is 9.88 Å². The van der Waals surface area contributed by atoms with Crippen LogP contribution in [-0.2, 0) is 6.42 Å². The number of imide groups is 1. The van der Waals surface area contributed by atoms with E-state index in [4.69, 9.17) is 0 Å². The van der Waals surface area contributed by atoms with Crippen LogP contribution in [0.15, 0.2) is 59.4 Å². The summed E-state index contributed by atoms with van der Waals surface area (Å²) in [6.07, 6.45) is 0.0148. The predicted molar refractivity (Wildman–Crippen MR) is 120 cm³/mol. The van der Waals surface area contributed by atoms with Gasteiger partial charge in [0.25, 0.3) is 11.8 Å². The van der Waals surface area contributed by atoms with E-state index in [0.717, 1.165) is 23.1 Å². The number of pyridine rings is 1. The molecule has 1 aliphatic rings. The molecule has 2 amide bonds. The molecule has 8 heteroatoms. The molecule has 5 nitrogen and oxygen atoms in total. The quantitative estimate of drug-likeness (QED) is 0.445. The maximum Gasteiger partial charge on any atom is 0.261 e. The first-order chi connectivity index (χ1) is 16.2. The van der Waals surface area contributed by atoms with Gasteiger partial charge in [-0.15, -0.1) is 0 Å². The van der Waals surface area contributed by atoms with Crippen molar-refractivity contribution in [2.75, 3.05) is 6.54 Å². The Labute approximate surface area is 191 Å². The second-order valence-electron chi connectivity index (χ2n) is 8.17. The number of fused-ring (bicyclic) bond motifs is 2. The number of carbonyl (C=O) groups excluding carboxylic acids is 2. The highest BCUT2D eigenvalue weighted by Crippen LogP contribution is 2.28. The van der Waals surface area contributed by atoms with Crippen molar-refractivity contribution in [2.24, 2.45) is 0 Å². The molecule has 4 aromatic rings. The minimum absolute atomic E-state index is 0.0148. The molecule has 1 aromatic heterocycles. The van der Waals surface area contributed by atoms with E-state index in [0.29, 0.717) is 28.3 Å². The fourth-order valence-corrected chi connectivity index (χ4v) is 4.43. The maximum atomic E-state index is 14.1. The Morgan fingerprint density at radius 1 is 0.824 bits per heavy atom. The van der Waals surface area contributed by atoms with Gasteiger partial charge in [0.1, 0.15) is 17.5 Å². The Morgan fingerprint density at radius 3 is 2.03 bits per heavy atom. The Balaban J connectivity index is 1.63. The molecule has 3 aromatic carbocycles. The van der Waals surface area contributed by atoms with Gasteiger partial charge in [0, 0.05) is 35.7 Å². The zero-order valence-corrected chi connectivity index (χ0v) is 17.9. The highest BCUT2D eigenvalue weighted by molar-refractivity contribution is 6.21. The van der Waals surface area contributed by atoms with E-state index in [1.165, 1.54) is 6.07 Å². The number of aryl methyl sites for hydroxylation is 1. The van der Waals surface area contributed by atoms with Crippen LogP contribution in [0.5, 0.6) is 0 Å². The molecule has 0 bridgehead atoms. The molecule has 0 saturated heterocycles. The largest absolute Gasteiger partial charge is 0.357 e. The Kier molecular flexibility index (Phi) is 5.08. The summed E-state index contributed by atoms with van der Waals surface area (Å²) in [5, 5.41) is 0.0293. The number of nitrogens with one attached hydrogen (secondary N) is 1. The van der Waals surface area contributed by atoms with Gasteiger partial charge >= 0.3 is 0 Å². The maximum absolute atomic E-state index is 14.1. The third kappa shape index (κ3) is 3.48. The number of rotatable bonds is 4. The fraction of sp³-hybridized carbons (Fsp3) is 0.115. The third-order valence-electron chi connectivity index (χ3n) is 5.96. The van der Waals surface area contributed by atoms with Gasteiger partial charge < -0.3 is 4.98 Å². The van der Waals surface area contributed by atoms with Gasteiger partial charge in [0.05, 0.1) is 16.6 Å². The highest BCUT2D eigenvalue weighted by atomic mass is 19.1. The molecule has 170 valence electrons. The number of H-pyrrole nitrogens is 1. The smallest absolute Gasteiger partial charge is 0.261 e. The molecule has 2 heterocycles. The number of hydrogen-bond donors (Lipinski definition) is 1. The summed E-state index contributed by atoms with van der Waals surface area (Å²) < 4.78 is 42.0. The Hall–Kier alpha value is -4.20. The van der Waals surface area contributed by atoms with Crippen molar-refractivity contribution < 1.29 is 22.8 Å². The molecule has 0 spiro atoms. The first-order valence-corrected chi connectivity index (χ1v) is 10.5. The van der Waals surface area contributed by atoms with Gasteiger partial charge in [-0.1, -0.05) is 12.1 Å². The standard InChI is InChI=1S/C26H17F3N2O3/c1-13-8-15(27)12-20-23(13)30-21(22(24(20)32)14-9-16(28)11-17(29)10-14)6-7-31-25(33)18-4-2-3-5-19(18)26(31)34/h2-5,8-12H,6-7H2,1H3,(H,30,32). The van der Waals surface area contributed by atoms with Gasteiger partial charge in [0.2, 0.25) is 0 Å². The van der Waals surface area contributed by atoms with E-state index in [1.54, 1.807) is 31.2 Å². The third-order valence-corrected chi connectivity index (χ3v) is 5.96. The Morgan fingerprint density at radius 2 is 1.41 bits per heavy atom. The topological polar surface area (TPSA) is 70.2 Å². The van der Waals surface area contributed by atoms with Crippen molar-refractivity contribution in [3.05, 3.63) is 105 Å². The summed E-state index contributed by atoms with van der Waals surface area (Å²) >= 11 is 0. The molecular formula is C26H17F3N2O3. The molecular weight excluding hydrogens is 445 g/mol. The van der Waals surface area contributed by atoms with E-state index in [-0.39, 0.29) is 35.2 Å². The van der Waals surface area contributed by atoms with E-state index in [9.17, 15) is 27.6 Å². The summed E-state index contributed by atoms with van der Waals surface area (Å²) in [6, 6.07) is 11.5. The summed E-state index contributed by atoms with van der Waals surface area (Å²) in [6.45, 7) is 1.55. The lowest BCUT2D eigenvalue weighted by atomic mass is 9.97. The van der Waals surface area contributed by atoms with Crippen LogP contribution in [0.25, 0.3) is 22.0 Å². The van der Waals surface area contributed by atoms with E-state index >= 15 is 0 Å². The zero-order chi connectivity index (χ0) is 24.1. The fourth-order valence-electron chi connectivity index (χ4n) is 4.43. The predicted octanol–water partition coefficient (Wildman–Crippen LogP) is 4.76. The summed E-state index contributed by atoms with van der Waals surface area (Å²) in [7, 11) is 0. The highest BCUT2D eigenvalue weighted by Gasteiger charge is 2.35. The number of halogens is 3. The monoisotopic (exact) mass is 462 g/mol. The second-order valence-corrected chi connectivity index (χ2v) is 8.17. The molecule has 0 atom stereocenters. The van der Waals surface area contributed by atoms with Crippen molar-refractivity contribution in [1.29, 1.82) is 0 Å². The average molecular weight is 462 g/mol. The van der Waals surface area contributed by atoms with Crippen molar-refractivity contribution in [3.8, 4) is 11.1 Å².